The van der Waals surface area contributed by atoms with Crippen molar-refractivity contribution in [1.82, 2.24) is 5.32 Å². The molecule has 0 radical (unpaired) electrons. The molecule has 0 fully saturated rings. The summed E-state index contributed by atoms with van der Waals surface area (Å²) in [4.78, 5) is 0. The minimum absolute atomic E-state index is 0.160. The van der Waals surface area contributed by atoms with E-state index in [-0.39, 0.29) is 12.6 Å². The summed E-state index contributed by atoms with van der Waals surface area (Å²) in [6.07, 6.45) is 1.74. The zero-order valence-corrected chi connectivity index (χ0v) is 9.98. The molecule has 1 aromatic rings. The van der Waals surface area contributed by atoms with Gasteiger partial charge in [0.2, 0.25) is 0 Å². The summed E-state index contributed by atoms with van der Waals surface area (Å²) >= 11 is 0. The molecule has 1 aromatic carbocycles. The van der Waals surface area contributed by atoms with Crippen molar-refractivity contribution in [3.05, 3.63) is 29.3 Å². The van der Waals surface area contributed by atoms with Gasteiger partial charge in [-0.1, -0.05) is 12.1 Å². The number of nitrogens with one attached hydrogen (secondary N) is 1. The number of aliphatic hydroxyl groups excluding tert-OH is 1. The van der Waals surface area contributed by atoms with Crippen LogP contribution < -0.4 is 15.8 Å². The van der Waals surface area contributed by atoms with Crippen molar-refractivity contribution in [3.8, 4) is 5.75 Å². The van der Waals surface area contributed by atoms with E-state index in [2.05, 4.69) is 17.4 Å². The van der Waals surface area contributed by atoms with Gasteiger partial charge in [0.05, 0.1) is 6.61 Å². The van der Waals surface area contributed by atoms with Gasteiger partial charge in [0.15, 0.2) is 0 Å². The Kier molecular flexibility index (Phi) is 4.36. The molecule has 17 heavy (non-hydrogen) atoms. The molecule has 0 aliphatic carbocycles. The van der Waals surface area contributed by atoms with Crippen molar-refractivity contribution >= 4 is 0 Å². The van der Waals surface area contributed by atoms with E-state index in [1.807, 2.05) is 6.07 Å². The Labute approximate surface area is 102 Å². The first-order valence-corrected chi connectivity index (χ1v) is 6.15. The Morgan fingerprint density at radius 1 is 1.47 bits per heavy atom. The lowest BCUT2D eigenvalue weighted by Gasteiger charge is -2.17. The predicted octanol–water partition coefficient (Wildman–Crippen LogP) is 0.593. The summed E-state index contributed by atoms with van der Waals surface area (Å²) in [6.45, 7) is 2.34. The smallest absolute Gasteiger partial charge is 0.122 e. The second kappa shape index (κ2) is 6.00. The molecule has 1 aliphatic rings. The van der Waals surface area contributed by atoms with Crippen LogP contribution in [0.25, 0.3) is 0 Å². The van der Waals surface area contributed by atoms with Crippen LogP contribution >= 0.6 is 0 Å². The van der Waals surface area contributed by atoms with Gasteiger partial charge >= 0.3 is 0 Å². The van der Waals surface area contributed by atoms with Gasteiger partial charge < -0.3 is 20.9 Å². The fraction of sp³-hybridized carbons (Fsp3) is 0.538. The van der Waals surface area contributed by atoms with Crippen LogP contribution in [0, 0.1) is 0 Å². The van der Waals surface area contributed by atoms with E-state index in [1.54, 1.807) is 0 Å². The molecule has 0 spiro atoms. The second-order valence-corrected chi connectivity index (χ2v) is 4.29. The fourth-order valence-corrected chi connectivity index (χ4v) is 2.12. The number of nitrogens with two attached hydrogens (primary N) is 1. The number of benzene rings is 1. The monoisotopic (exact) mass is 236 g/mol. The number of hydrogen-bond acceptors (Lipinski definition) is 4. The fourth-order valence-electron chi connectivity index (χ4n) is 2.12. The summed E-state index contributed by atoms with van der Waals surface area (Å²) in [7, 11) is 0. The second-order valence-electron chi connectivity index (χ2n) is 4.29. The highest BCUT2D eigenvalue weighted by atomic mass is 16.5. The van der Waals surface area contributed by atoms with Crippen molar-refractivity contribution in [3.63, 3.8) is 0 Å². The molecule has 0 bridgehead atoms. The van der Waals surface area contributed by atoms with Crippen LogP contribution in [0.4, 0.5) is 0 Å². The highest BCUT2D eigenvalue weighted by Gasteiger charge is 2.15. The molecule has 0 aromatic heterocycles. The Morgan fingerprint density at radius 3 is 3.12 bits per heavy atom. The number of ether oxygens (including phenoxy) is 1. The van der Waals surface area contributed by atoms with Gasteiger partial charge in [0.25, 0.3) is 0 Å². The molecule has 1 aliphatic heterocycles. The minimum atomic E-state index is 0.160. The maximum Gasteiger partial charge on any atom is 0.122 e. The first-order valence-electron chi connectivity index (χ1n) is 6.15. The number of aliphatic hydroxyl groups is 1. The van der Waals surface area contributed by atoms with Crippen LogP contribution in [-0.2, 0) is 6.42 Å². The van der Waals surface area contributed by atoms with E-state index in [9.17, 15) is 0 Å². The van der Waals surface area contributed by atoms with Crippen molar-refractivity contribution in [2.75, 3.05) is 26.3 Å². The van der Waals surface area contributed by atoms with Crippen molar-refractivity contribution in [2.45, 2.75) is 18.9 Å². The first-order chi connectivity index (χ1) is 8.35. The van der Waals surface area contributed by atoms with Gasteiger partial charge in [0.1, 0.15) is 5.75 Å². The van der Waals surface area contributed by atoms with Gasteiger partial charge in [-0.3, -0.25) is 0 Å². The van der Waals surface area contributed by atoms with E-state index in [1.165, 1.54) is 11.1 Å². The molecule has 0 saturated carbocycles. The van der Waals surface area contributed by atoms with Crippen molar-refractivity contribution < 1.29 is 9.84 Å². The largest absolute Gasteiger partial charge is 0.493 e. The third-order valence-electron chi connectivity index (χ3n) is 3.08. The van der Waals surface area contributed by atoms with Crippen LogP contribution in [0.2, 0.25) is 0 Å². The van der Waals surface area contributed by atoms with Gasteiger partial charge in [-0.05, 0) is 30.2 Å². The topological polar surface area (TPSA) is 67.5 Å². The van der Waals surface area contributed by atoms with E-state index >= 15 is 0 Å². The van der Waals surface area contributed by atoms with E-state index in [4.69, 9.17) is 15.6 Å². The molecule has 0 amide bonds. The lowest BCUT2D eigenvalue weighted by atomic mass is 10.0. The molecule has 1 unspecified atom stereocenters. The zero-order valence-electron chi connectivity index (χ0n) is 9.98. The summed E-state index contributed by atoms with van der Waals surface area (Å²) in [5.74, 6) is 1.000. The number of fused-ring (bicyclic) bond motifs is 1. The van der Waals surface area contributed by atoms with Crippen LogP contribution in [0.1, 0.15) is 23.6 Å². The van der Waals surface area contributed by atoms with Crippen molar-refractivity contribution in [2.24, 2.45) is 5.73 Å². The highest BCUT2D eigenvalue weighted by Crippen LogP contribution is 2.27. The van der Waals surface area contributed by atoms with Gasteiger partial charge in [-0.15, -0.1) is 0 Å². The van der Waals surface area contributed by atoms with Gasteiger partial charge in [-0.2, -0.15) is 0 Å². The molecule has 4 N–H and O–H groups in total. The van der Waals surface area contributed by atoms with Crippen molar-refractivity contribution in [1.29, 1.82) is 0 Å². The van der Waals surface area contributed by atoms with E-state index in [0.29, 0.717) is 6.54 Å². The predicted molar refractivity (Wildman–Crippen MR) is 67.1 cm³/mol. The summed E-state index contributed by atoms with van der Waals surface area (Å²) < 4.78 is 5.48. The molecule has 1 heterocycles. The van der Waals surface area contributed by atoms with E-state index in [0.717, 1.165) is 31.7 Å². The maximum absolute atomic E-state index is 8.76. The van der Waals surface area contributed by atoms with Crippen LogP contribution in [0.15, 0.2) is 18.2 Å². The van der Waals surface area contributed by atoms with Crippen LogP contribution in [-0.4, -0.2) is 31.4 Å². The zero-order chi connectivity index (χ0) is 12.1. The van der Waals surface area contributed by atoms with Gasteiger partial charge in [0, 0.05) is 25.6 Å². The lowest BCUT2D eigenvalue weighted by Crippen LogP contribution is -2.29. The Bertz CT molecular complexity index is 368. The minimum Gasteiger partial charge on any atom is -0.493 e. The highest BCUT2D eigenvalue weighted by molar-refractivity contribution is 5.40. The summed E-state index contributed by atoms with van der Waals surface area (Å²) in [6, 6.07) is 6.42. The molecule has 2 rings (SSSR count). The molecule has 0 saturated heterocycles. The molecule has 4 heteroatoms. The third kappa shape index (κ3) is 2.97. The van der Waals surface area contributed by atoms with Crippen LogP contribution in [0.3, 0.4) is 0 Å². The average molecular weight is 236 g/mol. The molecule has 4 nitrogen and oxygen atoms in total. The lowest BCUT2D eigenvalue weighted by molar-refractivity contribution is 0.283. The maximum atomic E-state index is 8.76. The molecule has 1 atom stereocenters. The van der Waals surface area contributed by atoms with Crippen LogP contribution in [0.5, 0.6) is 5.75 Å². The Morgan fingerprint density at radius 2 is 2.35 bits per heavy atom. The summed E-state index contributed by atoms with van der Waals surface area (Å²) in [5.41, 5.74) is 8.25. The Hall–Kier alpha value is -1.10. The van der Waals surface area contributed by atoms with E-state index < -0.39 is 0 Å². The molecular formula is C13H20N2O2. The molecule has 94 valence electrons. The van der Waals surface area contributed by atoms with Gasteiger partial charge in [-0.25, -0.2) is 0 Å². The standard InChI is InChI=1S/C13H20N2O2/c14-9-12(15-5-1-6-16)10-2-3-13-11(8-10)4-7-17-13/h2-3,8,12,15-16H,1,4-7,9,14H2. The SMILES string of the molecule is NCC(NCCCO)c1ccc2c(c1)CCO2. The summed E-state index contributed by atoms with van der Waals surface area (Å²) in [5, 5.41) is 12.1. The number of rotatable bonds is 6. The number of hydrogen-bond donors (Lipinski definition) is 3. The quantitative estimate of drug-likeness (QED) is 0.633. The average Bonchev–Trinajstić information content (AvgIpc) is 2.82. The molecular weight excluding hydrogens is 216 g/mol. The third-order valence-corrected chi connectivity index (χ3v) is 3.08. The normalized spacial score (nSPS) is 15.4. The Balaban J connectivity index is 2.03. The first kappa shape index (κ1) is 12.4.